The summed E-state index contributed by atoms with van der Waals surface area (Å²) in [5, 5.41) is 8.75. The maximum Gasteiger partial charge on any atom is 0.324 e. The maximum atomic E-state index is 11.9. The van der Waals surface area contributed by atoms with E-state index < -0.39 is 24.1 Å². The van der Waals surface area contributed by atoms with Crippen LogP contribution >= 0.6 is 12.4 Å². The van der Waals surface area contributed by atoms with Crippen molar-refractivity contribution in [3.8, 4) is 0 Å². The predicted octanol–water partition coefficient (Wildman–Crippen LogP) is 1.05. The smallest absolute Gasteiger partial charge is 0.324 e. The fourth-order valence-corrected chi connectivity index (χ4v) is 2.58. The number of halogens is 1. The normalized spacial score (nSPS) is 20.4. The van der Waals surface area contributed by atoms with Gasteiger partial charge < -0.3 is 21.3 Å². The summed E-state index contributed by atoms with van der Waals surface area (Å²) in [6.45, 7) is 1.95. The number of carbonyl (C=O) groups excluding carboxylic acids is 1. The molecule has 6 nitrogen and oxygen atoms in total. The zero-order valence-electron chi connectivity index (χ0n) is 11.8. The predicted molar refractivity (Wildman–Crippen MR) is 77.6 cm³/mol. The van der Waals surface area contributed by atoms with Gasteiger partial charge in [-0.05, 0) is 31.7 Å². The minimum atomic E-state index is -1.19. The van der Waals surface area contributed by atoms with E-state index in [1.165, 1.54) is 13.3 Å². The zero-order chi connectivity index (χ0) is 14.5. The first-order chi connectivity index (χ1) is 8.90. The fourth-order valence-electron chi connectivity index (χ4n) is 2.58. The van der Waals surface area contributed by atoms with Crippen LogP contribution in [0.15, 0.2) is 0 Å². The third kappa shape index (κ3) is 5.26. The van der Waals surface area contributed by atoms with Crippen molar-refractivity contribution in [3.05, 3.63) is 0 Å². The van der Waals surface area contributed by atoms with E-state index in [0.29, 0.717) is 6.54 Å². The average molecular weight is 309 g/mol. The Morgan fingerprint density at radius 1 is 1.30 bits per heavy atom. The second-order valence-electron chi connectivity index (χ2n) is 5.50. The van der Waals surface area contributed by atoms with E-state index in [1.54, 1.807) is 0 Å². The molecule has 0 bridgehead atoms. The molecule has 1 aliphatic rings. The molecule has 2 atom stereocenters. The van der Waals surface area contributed by atoms with Crippen LogP contribution in [0.3, 0.4) is 0 Å². The Bertz CT molecular complexity index is 332. The summed E-state index contributed by atoms with van der Waals surface area (Å²) in [4.78, 5) is 22.6. The summed E-state index contributed by atoms with van der Waals surface area (Å²) >= 11 is 0. The molecule has 0 unspecified atom stereocenters. The number of esters is 1. The Labute approximate surface area is 125 Å². The lowest BCUT2D eigenvalue weighted by atomic mass is 9.72. The molecule has 7 heteroatoms. The number of aliphatic carboxylic acids is 1. The van der Waals surface area contributed by atoms with Crippen molar-refractivity contribution in [2.75, 3.05) is 6.54 Å². The first-order valence-corrected chi connectivity index (χ1v) is 6.78. The lowest BCUT2D eigenvalue weighted by Crippen LogP contribution is -2.43. The van der Waals surface area contributed by atoms with E-state index in [1.807, 2.05) is 0 Å². The van der Waals surface area contributed by atoms with Crippen LogP contribution in [0.1, 0.15) is 45.4 Å². The zero-order valence-corrected chi connectivity index (χ0v) is 12.7. The summed E-state index contributed by atoms with van der Waals surface area (Å²) in [6, 6.07) is -1.19. The number of nitrogens with two attached hydrogens (primary N) is 2. The molecule has 0 aromatic heterocycles. The molecule has 0 radical (unpaired) electrons. The number of ether oxygens (including phenoxy) is 1. The van der Waals surface area contributed by atoms with E-state index in [-0.39, 0.29) is 24.2 Å². The van der Waals surface area contributed by atoms with Crippen LogP contribution in [0, 0.1) is 5.41 Å². The number of hydrogen-bond donors (Lipinski definition) is 3. The third-order valence-corrected chi connectivity index (χ3v) is 3.97. The molecule has 0 aromatic carbocycles. The van der Waals surface area contributed by atoms with Gasteiger partial charge in [0.2, 0.25) is 0 Å². The minimum absolute atomic E-state index is 0. The third-order valence-electron chi connectivity index (χ3n) is 3.97. The highest BCUT2D eigenvalue weighted by Gasteiger charge is 2.34. The van der Waals surface area contributed by atoms with E-state index in [2.05, 4.69) is 0 Å². The SMILES string of the molecule is C[C@@H](OC(=O)CC1(CN)CCCCC1)[C@H](N)C(=O)O.Cl. The molecule has 1 saturated carbocycles. The molecule has 0 aliphatic heterocycles. The summed E-state index contributed by atoms with van der Waals surface area (Å²) in [6.07, 6.45) is 4.61. The monoisotopic (exact) mass is 308 g/mol. The van der Waals surface area contributed by atoms with Gasteiger partial charge in [-0.1, -0.05) is 19.3 Å². The average Bonchev–Trinajstić information content (AvgIpc) is 2.38. The van der Waals surface area contributed by atoms with Crippen LogP contribution in [0.4, 0.5) is 0 Å². The van der Waals surface area contributed by atoms with Crippen LogP contribution in [0.5, 0.6) is 0 Å². The van der Waals surface area contributed by atoms with E-state index >= 15 is 0 Å². The van der Waals surface area contributed by atoms with Crippen molar-refractivity contribution < 1.29 is 19.4 Å². The largest absolute Gasteiger partial charge is 0.480 e. The number of carboxylic acids is 1. The minimum Gasteiger partial charge on any atom is -0.480 e. The Hall–Kier alpha value is -0.850. The van der Waals surface area contributed by atoms with Gasteiger partial charge in [0.1, 0.15) is 12.1 Å². The summed E-state index contributed by atoms with van der Waals surface area (Å²) in [5.74, 6) is -1.58. The first kappa shape index (κ1) is 19.1. The Morgan fingerprint density at radius 2 is 1.85 bits per heavy atom. The number of carboxylic acid groups (broad SMARTS) is 1. The Morgan fingerprint density at radius 3 is 2.30 bits per heavy atom. The van der Waals surface area contributed by atoms with E-state index in [4.69, 9.17) is 21.3 Å². The van der Waals surface area contributed by atoms with Crippen LogP contribution in [0.25, 0.3) is 0 Å². The molecular formula is C13H25ClN2O4. The first-order valence-electron chi connectivity index (χ1n) is 6.78. The van der Waals surface area contributed by atoms with Crippen LogP contribution < -0.4 is 11.5 Å². The van der Waals surface area contributed by atoms with Crippen molar-refractivity contribution in [3.63, 3.8) is 0 Å². The molecule has 1 fully saturated rings. The standard InChI is InChI=1S/C13H24N2O4.ClH/c1-9(11(15)12(17)18)19-10(16)7-13(8-14)5-3-2-4-6-13;/h9,11H,2-8,14-15H2,1H3,(H,17,18);1H/t9-,11+;/m1./s1. The molecule has 5 N–H and O–H groups in total. The quantitative estimate of drug-likeness (QED) is 0.632. The number of hydrogen-bond acceptors (Lipinski definition) is 5. The van der Waals surface area contributed by atoms with E-state index in [0.717, 1.165) is 25.7 Å². The summed E-state index contributed by atoms with van der Waals surface area (Å²) in [7, 11) is 0. The lowest BCUT2D eigenvalue weighted by molar-refractivity contribution is -0.156. The molecule has 0 aromatic rings. The molecule has 0 amide bonds. The fraction of sp³-hybridized carbons (Fsp3) is 0.846. The molecule has 1 rings (SSSR count). The summed E-state index contributed by atoms with van der Waals surface area (Å²) in [5.41, 5.74) is 11.0. The number of rotatable bonds is 6. The van der Waals surface area contributed by atoms with Crippen LogP contribution in [-0.2, 0) is 14.3 Å². The second-order valence-corrected chi connectivity index (χ2v) is 5.50. The Balaban J connectivity index is 0.00000361. The highest BCUT2D eigenvalue weighted by molar-refractivity contribution is 5.85. The molecule has 118 valence electrons. The van der Waals surface area contributed by atoms with Gasteiger partial charge in [-0.25, -0.2) is 0 Å². The van der Waals surface area contributed by atoms with Gasteiger partial charge in [-0.15, -0.1) is 12.4 Å². The maximum absolute atomic E-state index is 11.9. The molecule has 0 saturated heterocycles. The van der Waals surface area contributed by atoms with Crippen molar-refractivity contribution in [2.24, 2.45) is 16.9 Å². The van der Waals surface area contributed by atoms with Crippen molar-refractivity contribution in [1.29, 1.82) is 0 Å². The highest BCUT2D eigenvalue weighted by atomic mass is 35.5. The van der Waals surface area contributed by atoms with Crippen molar-refractivity contribution in [2.45, 2.75) is 57.6 Å². The molecule has 0 heterocycles. The molecule has 0 spiro atoms. The van der Waals surface area contributed by atoms with Crippen LogP contribution in [-0.4, -0.2) is 35.7 Å². The van der Waals surface area contributed by atoms with Gasteiger partial charge in [0, 0.05) is 0 Å². The second kappa shape index (κ2) is 8.44. The van der Waals surface area contributed by atoms with Crippen LogP contribution in [0.2, 0.25) is 0 Å². The van der Waals surface area contributed by atoms with Crippen molar-refractivity contribution >= 4 is 24.3 Å². The molecule has 1 aliphatic carbocycles. The molecule has 20 heavy (non-hydrogen) atoms. The van der Waals surface area contributed by atoms with Gasteiger partial charge in [-0.3, -0.25) is 9.59 Å². The van der Waals surface area contributed by atoms with E-state index in [9.17, 15) is 9.59 Å². The van der Waals surface area contributed by atoms with Gasteiger partial charge in [0.15, 0.2) is 0 Å². The van der Waals surface area contributed by atoms with Gasteiger partial charge in [0.05, 0.1) is 6.42 Å². The van der Waals surface area contributed by atoms with Gasteiger partial charge in [0.25, 0.3) is 0 Å². The number of carbonyl (C=O) groups is 2. The van der Waals surface area contributed by atoms with Gasteiger partial charge in [-0.2, -0.15) is 0 Å². The molecular weight excluding hydrogens is 284 g/mol. The van der Waals surface area contributed by atoms with Gasteiger partial charge >= 0.3 is 11.9 Å². The highest BCUT2D eigenvalue weighted by Crippen LogP contribution is 2.38. The Kier molecular flexibility index (Phi) is 8.08. The lowest BCUT2D eigenvalue weighted by Gasteiger charge is -2.35. The van der Waals surface area contributed by atoms with Crippen molar-refractivity contribution in [1.82, 2.24) is 0 Å². The topological polar surface area (TPSA) is 116 Å². The summed E-state index contributed by atoms with van der Waals surface area (Å²) < 4.78 is 5.10.